The van der Waals surface area contributed by atoms with Crippen LogP contribution in [0.1, 0.15) is 11.1 Å². The van der Waals surface area contributed by atoms with Crippen LogP contribution in [0.5, 0.6) is 0 Å². The van der Waals surface area contributed by atoms with Crippen LogP contribution in [0, 0.1) is 10.1 Å². The minimum atomic E-state index is -4.00. The summed E-state index contributed by atoms with van der Waals surface area (Å²) in [6.07, 6.45) is 1.09. The predicted octanol–water partition coefficient (Wildman–Crippen LogP) is 2.69. The standard InChI is InChI=1S/C16H13ClN2O5S/c17-13-5-1-12(2-6-13)10-25(23,24)15(16(18)20)9-11-3-7-14(8-4-11)19(21)22/h1-9H,10H2,(H2,18,20)/b15-9+. The number of primary amides is 1. The van der Waals surface area contributed by atoms with Gasteiger partial charge in [-0.15, -0.1) is 0 Å². The van der Waals surface area contributed by atoms with Crippen LogP contribution in [0.4, 0.5) is 5.69 Å². The first-order chi connectivity index (χ1) is 11.7. The molecule has 2 N–H and O–H groups in total. The summed E-state index contributed by atoms with van der Waals surface area (Å²) in [4.78, 5) is 21.1. The highest BCUT2D eigenvalue weighted by atomic mass is 35.5. The molecule has 0 aliphatic heterocycles. The molecule has 1 amide bonds. The lowest BCUT2D eigenvalue weighted by atomic mass is 10.2. The molecule has 0 aromatic heterocycles. The first-order valence-corrected chi connectivity index (χ1v) is 8.95. The van der Waals surface area contributed by atoms with Crippen LogP contribution in [0.2, 0.25) is 5.02 Å². The minimum absolute atomic E-state index is 0.151. The van der Waals surface area contributed by atoms with Gasteiger partial charge in [-0.05, 0) is 41.5 Å². The fraction of sp³-hybridized carbons (Fsp3) is 0.0625. The lowest BCUT2D eigenvalue weighted by Crippen LogP contribution is -2.22. The summed E-state index contributed by atoms with van der Waals surface area (Å²) in [7, 11) is -4.00. The van der Waals surface area contributed by atoms with Crippen molar-refractivity contribution in [2.75, 3.05) is 0 Å². The van der Waals surface area contributed by atoms with Gasteiger partial charge in [0.25, 0.3) is 11.6 Å². The van der Waals surface area contributed by atoms with Gasteiger partial charge in [0.2, 0.25) is 0 Å². The Hall–Kier alpha value is -2.71. The number of amides is 1. The molecule has 7 nitrogen and oxygen atoms in total. The molecule has 0 aliphatic rings. The maximum Gasteiger partial charge on any atom is 0.269 e. The number of nitro benzene ring substituents is 1. The Morgan fingerprint density at radius 1 is 1.12 bits per heavy atom. The van der Waals surface area contributed by atoms with Gasteiger partial charge in [-0.1, -0.05) is 23.7 Å². The van der Waals surface area contributed by atoms with Crippen molar-refractivity contribution in [2.24, 2.45) is 5.73 Å². The second kappa shape index (κ2) is 7.45. The van der Waals surface area contributed by atoms with Crippen LogP contribution in [-0.2, 0) is 20.4 Å². The Labute approximate surface area is 148 Å². The lowest BCUT2D eigenvalue weighted by molar-refractivity contribution is -0.384. The third-order valence-corrected chi connectivity index (χ3v) is 5.20. The molecule has 2 aromatic carbocycles. The van der Waals surface area contributed by atoms with Crippen molar-refractivity contribution in [3.63, 3.8) is 0 Å². The number of hydrogen-bond donors (Lipinski definition) is 1. The Morgan fingerprint density at radius 3 is 2.16 bits per heavy atom. The van der Waals surface area contributed by atoms with E-state index in [0.29, 0.717) is 16.1 Å². The van der Waals surface area contributed by atoms with Crippen molar-refractivity contribution in [1.82, 2.24) is 0 Å². The van der Waals surface area contributed by atoms with E-state index in [9.17, 15) is 23.3 Å². The van der Waals surface area contributed by atoms with Crippen LogP contribution >= 0.6 is 11.6 Å². The van der Waals surface area contributed by atoms with E-state index in [1.165, 1.54) is 48.5 Å². The third kappa shape index (κ3) is 4.88. The first-order valence-electron chi connectivity index (χ1n) is 6.92. The number of carbonyl (C=O) groups excluding carboxylic acids is 1. The van der Waals surface area contributed by atoms with Gasteiger partial charge in [0, 0.05) is 17.2 Å². The molecule has 0 saturated carbocycles. The highest BCUT2D eigenvalue weighted by Gasteiger charge is 2.23. The summed E-state index contributed by atoms with van der Waals surface area (Å²) in [5.74, 6) is -1.53. The van der Waals surface area contributed by atoms with Gasteiger partial charge in [0.1, 0.15) is 4.91 Å². The number of nitro groups is 1. The monoisotopic (exact) mass is 380 g/mol. The van der Waals surface area contributed by atoms with Crippen LogP contribution in [0.15, 0.2) is 53.4 Å². The molecule has 25 heavy (non-hydrogen) atoms. The van der Waals surface area contributed by atoms with E-state index in [0.717, 1.165) is 6.08 Å². The maximum atomic E-state index is 12.5. The molecular formula is C16H13ClN2O5S. The number of carbonyl (C=O) groups is 1. The van der Waals surface area contributed by atoms with Crippen LogP contribution in [0.3, 0.4) is 0 Å². The van der Waals surface area contributed by atoms with Gasteiger partial charge >= 0.3 is 0 Å². The molecule has 130 valence electrons. The number of hydrogen-bond acceptors (Lipinski definition) is 5. The van der Waals surface area contributed by atoms with Crippen molar-refractivity contribution in [3.05, 3.63) is 79.7 Å². The highest BCUT2D eigenvalue weighted by Crippen LogP contribution is 2.20. The molecule has 0 spiro atoms. The lowest BCUT2D eigenvalue weighted by Gasteiger charge is -2.07. The molecule has 0 aliphatic carbocycles. The predicted molar refractivity (Wildman–Crippen MR) is 94.3 cm³/mol. The van der Waals surface area contributed by atoms with E-state index in [1.54, 1.807) is 0 Å². The Morgan fingerprint density at radius 2 is 1.68 bits per heavy atom. The number of nitrogens with zero attached hydrogens (tertiary/aromatic N) is 1. The molecular weight excluding hydrogens is 368 g/mol. The SMILES string of the molecule is NC(=O)/C(=C\c1ccc([N+](=O)[O-])cc1)S(=O)(=O)Cc1ccc(Cl)cc1. The van der Waals surface area contributed by atoms with Gasteiger partial charge < -0.3 is 5.73 Å². The van der Waals surface area contributed by atoms with E-state index in [-0.39, 0.29) is 5.69 Å². The van der Waals surface area contributed by atoms with E-state index in [4.69, 9.17) is 17.3 Å². The third-order valence-electron chi connectivity index (χ3n) is 3.25. The Balaban J connectivity index is 2.36. The van der Waals surface area contributed by atoms with Crippen molar-refractivity contribution >= 4 is 39.1 Å². The van der Waals surface area contributed by atoms with E-state index < -0.39 is 31.3 Å². The molecule has 0 heterocycles. The number of non-ortho nitro benzene ring substituents is 1. The molecule has 9 heteroatoms. The summed E-state index contributed by atoms with van der Waals surface area (Å²) in [6, 6.07) is 11.2. The summed E-state index contributed by atoms with van der Waals surface area (Å²) in [5, 5.41) is 11.1. The number of nitrogens with two attached hydrogens (primary N) is 1. The van der Waals surface area contributed by atoms with Gasteiger partial charge in [-0.2, -0.15) is 0 Å². The molecule has 0 unspecified atom stereocenters. The summed E-state index contributed by atoms with van der Waals surface area (Å²) < 4.78 is 25.0. The van der Waals surface area contributed by atoms with Gasteiger partial charge in [0.05, 0.1) is 10.7 Å². The van der Waals surface area contributed by atoms with Gasteiger partial charge in [-0.25, -0.2) is 8.42 Å². The fourth-order valence-corrected chi connectivity index (χ4v) is 3.57. The zero-order valence-electron chi connectivity index (χ0n) is 12.8. The fourth-order valence-electron chi connectivity index (χ4n) is 2.04. The Bertz CT molecular complexity index is 935. The largest absolute Gasteiger partial charge is 0.365 e. The summed E-state index contributed by atoms with van der Waals surface area (Å²) in [6.45, 7) is 0. The number of rotatable bonds is 6. The highest BCUT2D eigenvalue weighted by molar-refractivity contribution is 7.95. The van der Waals surface area contributed by atoms with Crippen molar-refractivity contribution in [3.8, 4) is 0 Å². The molecule has 0 radical (unpaired) electrons. The van der Waals surface area contributed by atoms with Crippen LogP contribution in [0.25, 0.3) is 6.08 Å². The van der Waals surface area contributed by atoms with Crippen molar-refractivity contribution < 1.29 is 18.1 Å². The molecule has 0 saturated heterocycles. The van der Waals surface area contributed by atoms with Crippen LogP contribution in [-0.4, -0.2) is 19.2 Å². The summed E-state index contributed by atoms with van der Waals surface area (Å²) in [5.41, 5.74) is 5.81. The maximum absolute atomic E-state index is 12.5. The second-order valence-electron chi connectivity index (χ2n) is 5.11. The normalized spacial score (nSPS) is 12.0. The first kappa shape index (κ1) is 18.6. The molecule has 0 fully saturated rings. The minimum Gasteiger partial charge on any atom is -0.365 e. The smallest absolute Gasteiger partial charge is 0.269 e. The zero-order valence-corrected chi connectivity index (χ0v) is 14.3. The summed E-state index contributed by atoms with van der Waals surface area (Å²) >= 11 is 5.76. The van der Waals surface area contributed by atoms with Crippen molar-refractivity contribution in [2.45, 2.75) is 5.75 Å². The molecule has 2 rings (SSSR count). The second-order valence-corrected chi connectivity index (χ2v) is 7.50. The number of sulfone groups is 1. The number of halogens is 1. The molecule has 2 aromatic rings. The quantitative estimate of drug-likeness (QED) is 0.469. The topological polar surface area (TPSA) is 120 Å². The molecule has 0 atom stereocenters. The molecule has 0 bridgehead atoms. The van der Waals surface area contributed by atoms with Crippen molar-refractivity contribution in [1.29, 1.82) is 0 Å². The number of benzene rings is 2. The average Bonchev–Trinajstić information content (AvgIpc) is 2.54. The zero-order chi connectivity index (χ0) is 18.6. The van der Waals surface area contributed by atoms with Gasteiger partial charge in [0.15, 0.2) is 9.84 Å². The van der Waals surface area contributed by atoms with Gasteiger partial charge in [-0.3, -0.25) is 14.9 Å². The average molecular weight is 381 g/mol. The van der Waals surface area contributed by atoms with E-state index >= 15 is 0 Å². The van der Waals surface area contributed by atoms with E-state index in [1.807, 2.05) is 0 Å². The van der Waals surface area contributed by atoms with Crippen LogP contribution < -0.4 is 5.73 Å². The Kier molecular flexibility index (Phi) is 5.55. The van der Waals surface area contributed by atoms with E-state index in [2.05, 4.69) is 0 Å².